The van der Waals surface area contributed by atoms with E-state index in [1.807, 2.05) is 18.0 Å². The highest BCUT2D eigenvalue weighted by Gasteiger charge is 2.27. The minimum atomic E-state index is 0.241. The average molecular weight is 312 g/mol. The van der Waals surface area contributed by atoms with Crippen LogP contribution in [0.15, 0.2) is 11.2 Å². The summed E-state index contributed by atoms with van der Waals surface area (Å²) < 4.78 is 0. The number of thioether (sulfide) groups is 1. The van der Waals surface area contributed by atoms with E-state index in [4.69, 9.17) is 4.99 Å². The molecule has 5 heteroatoms. The summed E-state index contributed by atoms with van der Waals surface area (Å²) in [5, 5.41) is 5.77. The smallest absolute Gasteiger partial charge is 0.157 e. The fourth-order valence-electron chi connectivity index (χ4n) is 2.15. The number of nitrogens with zero attached hydrogens (tertiary/aromatic N) is 2. The highest BCUT2D eigenvalue weighted by molar-refractivity contribution is 8.13. The molecule has 1 aliphatic heterocycles. The first-order valence-corrected chi connectivity index (χ1v) is 9.12. The summed E-state index contributed by atoms with van der Waals surface area (Å²) in [5.41, 5.74) is 0.244. The Hall–Kier alpha value is -0.550. The highest BCUT2D eigenvalue weighted by atomic mass is 32.2. The average Bonchev–Trinajstić information content (AvgIpc) is 2.87. The maximum atomic E-state index is 4.89. The lowest BCUT2D eigenvalue weighted by Crippen LogP contribution is -2.34. The van der Waals surface area contributed by atoms with Crippen molar-refractivity contribution in [1.29, 1.82) is 0 Å². The molecule has 0 aliphatic carbocycles. The zero-order valence-corrected chi connectivity index (χ0v) is 14.7. The van der Waals surface area contributed by atoms with E-state index in [0.717, 1.165) is 22.3 Å². The molecule has 3 nitrogen and oxygen atoms in total. The molecule has 0 radical (unpaired) electrons. The van der Waals surface area contributed by atoms with Gasteiger partial charge < -0.3 is 5.32 Å². The summed E-state index contributed by atoms with van der Waals surface area (Å²) in [4.78, 5) is 10.7. The Bertz CT molecular complexity index is 474. The number of nitrogens with one attached hydrogen (secondary N) is 1. The van der Waals surface area contributed by atoms with Crippen LogP contribution in [0.5, 0.6) is 0 Å². The van der Waals surface area contributed by atoms with Crippen molar-refractivity contribution >= 4 is 28.3 Å². The van der Waals surface area contributed by atoms with Gasteiger partial charge in [-0.25, -0.2) is 4.98 Å². The van der Waals surface area contributed by atoms with Crippen LogP contribution in [0.4, 0.5) is 0 Å². The standard InChI is InChI=1S/C15H25N3S2/c1-6-11-9-16-13(20-11)10(2)17-14-18-12(7-8-19-14)15(3,4)5/h9-10,12H,6-8H2,1-5H3,(H,17,18). The molecule has 1 aromatic heterocycles. The molecular formula is C15H25N3S2. The van der Waals surface area contributed by atoms with Crippen molar-refractivity contribution in [2.45, 2.75) is 59.5 Å². The normalized spacial score (nSPS) is 21.4. The van der Waals surface area contributed by atoms with E-state index in [2.05, 4.69) is 44.9 Å². The lowest BCUT2D eigenvalue weighted by atomic mass is 9.85. The maximum Gasteiger partial charge on any atom is 0.157 e. The van der Waals surface area contributed by atoms with Crippen molar-refractivity contribution in [1.82, 2.24) is 10.3 Å². The molecule has 0 fully saturated rings. The van der Waals surface area contributed by atoms with E-state index >= 15 is 0 Å². The second kappa shape index (κ2) is 6.48. The fourth-order valence-corrected chi connectivity index (χ4v) is 4.01. The molecule has 1 N–H and O–H groups in total. The van der Waals surface area contributed by atoms with Crippen molar-refractivity contribution in [2.24, 2.45) is 10.4 Å². The first-order valence-electron chi connectivity index (χ1n) is 7.32. The Labute approximate surface area is 130 Å². The van der Waals surface area contributed by atoms with Gasteiger partial charge in [-0.3, -0.25) is 4.99 Å². The Balaban J connectivity index is 2.03. The number of thiazole rings is 1. The molecule has 2 unspecified atom stereocenters. The third kappa shape index (κ3) is 3.98. The van der Waals surface area contributed by atoms with Crippen LogP contribution in [-0.4, -0.2) is 21.9 Å². The van der Waals surface area contributed by atoms with E-state index < -0.39 is 0 Å². The van der Waals surface area contributed by atoms with E-state index in [1.165, 1.54) is 11.3 Å². The minimum Gasteiger partial charge on any atom is -0.356 e. The van der Waals surface area contributed by atoms with Gasteiger partial charge in [-0.15, -0.1) is 11.3 Å². The van der Waals surface area contributed by atoms with E-state index in [-0.39, 0.29) is 11.5 Å². The lowest BCUT2D eigenvalue weighted by Gasteiger charge is -2.31. The molecule has 0 bridgehead atoms. The number of rotatable bonds is 3. The Morgan fingerprint density at radius 2 is 2.20 bits per heavy atom. The molecule has 0 saturated carbocycles. The minimum absolute atomic E-state index is 0.241. The monoisotopic (exact) mass is 311 g/mol. The molecule has 1 aliphatic rings. The van der Waals surface area contributed by atoms with E-state index in [1.54, 1.807) is 11.3 Å². The number of amidine groups is 1. The van der Waals surface area contributed by atoms with Gasteiger partial charge in [0.15, 0.2) is 5.17 Å². The van der Waals surface area contributed by atoms with Crippen molar-refractivity contribution in [3.8, 4) is 0 Å². The van der Waals surface area contributed by atoms with E-state index in [0.29, 0.717) is 6.04 Å². The van der Waals surface area contributed by atoms with Gasteiger partial charge in [-0.1, -0.05) is 39.5 Å². The molecular weight excluding hydrogens is 286 g/mol. The van der Waals surface area contributed by atoms with Crippen LogP contribution in [0, 0.1) is 5.41 Å². The zero-order chi connectivity index (χ0) is 14.8. The van der Waals surface area contributed by atoms with Crippen molar-refractivity contribution in [3.05, 3.63) is 16.1 Å². The quantitative estimate of drug-likeness (QED) is 0.906. The molecule has 20 heavy (non-hydrogen) atoms. The van der Waals surface area contributed by atoms with Crippen molar-refractivity contribution in [2.75, 3.05) is 5.75 Å². The second-order valence-electron chi connectivity index (χ2n) is 6.34. The molecule has 1 aromatic rings. The Morgan fingerprint density at radius 1 is 1.45 bits per heavy atom. The molecule has 0 saturated heterocycles. The molecule has 2 atom stereocenters. The van der Waals surface area contributed by atoms with Crippen LogP contribution in [-0.2, 0) is 6.42 Å². The summed E-state index contributed by atoms with van der Waals surface area (Å²) in [6.07, 6.45) is 4.23. The lowest BCUT2D eigenvalue weighted by molar-refractivity contribution is 0.315. The summed E-state index contributed by atoms with van der Waals surface area (Å²) >= 11 is 3.63. The van der Waals surface area contributed by atoms with Gasteiger partial charge >= 0.3 is 0 Å². The van der Waals surface area contributed by atoms with Crippen LogP contribution in [0.1, 0.15) is 57.0 Å². The molecule has 0 amide bonds. The number of hydrogen-bond donors (Lipinski definition) is 1. The first kappa shape index (κ1) is 15.8. The highest BCUT2D eigenvalue weighted by Crippen LogP contribution is 2.31. The topological polar surface area (TPSA) is 37.3 Å². The summed E-state index contributed by atoms with van der Waals surface area (Å²) in [6, 6.07) is 0.659. The SMILES string of the molecule is CCc1cnc(C(C)NC2=NC(C(C)(C)C)CCS2)s1. The zero-order valence-electron chi connectivity index (χ0n) is 13.1. The van der Waals surface area contributed by atoms with E-state index in [9.17, 15) is 0 Å². The van der Waals surface area contributed by atoms with Crippen LogP contribution in [0.2, 0.25) is 0 Å². The van der Waals surface area contributed by atoms with Crippen LogP contribution in [0.3, 0.4) is 0 Å². The number of hydrogen-bond acceptors (Lipinski definition) is 5. The van der Waals surface area contributed by atoms with Crippen molar-refractivity contribution in [3.63, 3.8) is 0 Å². The van der Waals surface area contributed by atoms with Crippen molar-refractivity contribution < 1.29 is 0 Å². The van der Waals surface area contributed by atoms with Crippen LogP contribution < -0.4 is 5.32 Å². The van der Waals surface area contributed by atoms with Gasteiger partial charge in [0.1, 0.15) is 5.01 Å². The van der Waals surface area contributed by atoms with Gasteiger partial charge in [-0.05, 0) is 25.2 Å². The number of aromatic nitrogens is 1. The summed E-state index contributed by atoms with van der Waals surface area (Å²) in [7, 11) is 0. The van der Waals surface area contributed by atoms with Gasteiger partial charge in [0.2, 0.25) is 0 Å². The van der Waals surface area contributed by atoms with Gasteiger partial charge in [0.05, 0.1) is 12.1 Å². The third-order valence-electron chi connectivity index (χ3n) is 3.53. The van der Waals surface area contributed by atoms with Gasteiger partial charge in [0, 0.05) is 16.8 Å². The second-order valence-corrected chi connectivity index (χ2v) is 8.57. The maximum absolute atomic E-state index is 4.89. The molecule has 112 valence electrons. The van der Waals surface area contributed by atoms with Gasteiger partial charge in [-0.2, -0.15) is 0 Å². The Kier molecular flexibility index (Phi) is 5.13. The van der Waals surface area contributed by atoms with Crippen LogP contribution in [0.25, 0.3) is 0 Å². The molecule has 0 spiro atoms. The molecule has 0 aromatic carbocycles. The Morgan fingerprint density at radius 3 is 2.80 bits per heavy atom. The predicted molar refractivity (Wildman–Crippen MR) is 90.8 cm³/mol. The van der Waals surface area contributed by atoms with Crippen LogP contribution >= 0.6 is 23.1 Å². The van der Waals surface area contributed by atoms with Gasteiger partial charge in [0.25, 0.3) is 0 Å². The first-order chi connectivity index (χ1) is 9.40. The number of aryl methyl sites for hydroxylation is 1. The predicted octanol–water partition coefficient (Wildman–Crippen LogP) is 4.26. The fraction of sp³-hybridized carbons (Fsp3) is 0.733. The molecule has 2 heterocycles. The number of aliphatic imine (C=N–C) groups is 1. The summed E-state index contributed by atoms with van der Waals surface area (Å²) in [6.45, 7) is 11.2. The third-order valence-corrected chi connectivity index (χ3v) is 5.79. The molecule has 2 rings (SSSR count). The largest absolute Gasteiger partial charge is 0.356 e. The summed E-state index contributed by atoms with van der Waals surface area (Å²) in [5.74, 6) is 1.15.